The van der Waals surface area contributed by atoms with E-state index in [0.29, 0.717) is 12.3 Å². The van der Waals surface area contributed by atoms with Gasteiger partial charge in [0, 0.05) is 6.42 Å². The molecule has 15 N–H and O–H groups in total. The molecule has 1 aliphatic heterocycles. The van der Waals surface area contributed by atoms with Gasteiger partial charge < -0.3 is 49.1 Å². The fourth-order valence-corrected chi connectivity index (χ4v) is 1.21. The van der Waals surface area contributed by atoms with Crippen molar-refractivity contribution in [1.82, 2.24) is 30.8 Å². The van der Waals surface area contributed by atoms with Gasteiger partial charge in [0.15, 0.2) is 42.8 Å². The average molecular weight is 891 g/mol. The first-order valence-corrected chi connectivity index (χ1v) is 12.1. The minimum atomic E-state index is -6.09. The van der Waals surface area contributed by atoms with E-state index in [2.05, 4.69) is 17.0 Å². The molecule has 1 heterocycles. The number of allylic oxidation sites excluding steroid dienone is 1. The summed E-state index contributed by atoms with van der Waals surface area (Å²) in [5.41, 5.74) is -16.9. The second-order valence-corrected chi connectivity index (χ2v) is 9.75. The van der Waals surface area contributed by atoms with E-state index < -0.39 is 46.9 Å². The van der Waals surface area contributed by atoms with Gasteiger partial charge in [-0.1, -0.05) is 0 Å². The smallest absolute Gasteiger partial charge is 0.741 e. The zero-order chi connectivity index (χ0) is 30.0. The van der Waals surface area contributed by atoms with Crippen molar-refractivity contribution in [2.45, 2.75) is 29.4 Å². The van der Waals surface area contributed by atoms with Crippen LogP contribution in [0, 0.1) is 5.92 Å². The third-order valence-corrected chi connectivity index (χ3v) is 4.46. The van der Waals surface area contributed by atoms with Crippen LogP contribution in [-0.2, 0) is 59.7 Å². The number of esters is 1. The Morgan fingerprint density at radius 2 is 0.976 bits per heavy atom. The van der Waals surface area contributed by atoms with E-state index in [4.69, 9.17) is 38.9 Å². The van der Waals surface area contributed by atoms with Gasteiger partial charge in [0.1, 0.15) is 7.05 Å². The van der Waals surface area contributed by atoms with Gasteiger partial charge in [0.25, 0.3) is 0 Å². The second kappa shape index (κ2) is 23.8. The van der Waals surface area contributed by atoms with Crippen molar-refractivity contribution in [1.29, 1.82) is 0 Å². The Morgan fingerprint density at radius 3 is 1.12 bits per heavy atom. The first-order chi connectivity index (χ1) is 15.5. The molecule has 0 fully saturated rings. The number of carbonyl (C=O) groups is 1. The maximum Gasteiger partial charge on any atom is 2.00 e. The first kappa shape index (κ1) is 63.6. The van der Waals surface area contributed by atoms with Crippen molar-refractivity contribution in [3.05, 3.63) is 12.3 Å². The second-order valence-electron chi connectivity index (χ2n) is 5.63. The van der Waals surface area contributed by atoms with Crippen molar-refractivity contribution in [2.75, 3.05) is 14.2 Å². The summed E-state index contributed by atoms with van der Waals surface area (Å²) in [6.45, 7) is 0. The number of rotatable bonds is 3. The molecule has 0 saturated carbocycles. The molecule has 1 unspecified atom stereocenters. The molecule has 30 heteroatoms. The molecule has 0 aromatic carbocycles. The summed E-state index contributed by atoms with van der Waals surface area (Å²) in [6, 6.07) is 0. The Balaban J connectivity index is -0.0000000480. The minimum absolute atomic E-state index is 0. The van der Waals surface area contributed by atoms with Crippen LogP contribution in [0.3, 0.4) is 0 Å². The predicted molar refractivity (Wildman–Crippen MR) is 118 cm³/mol. The van der Waals surface area contributed by atoms with E-state index in [1.54, 1.807) is 0 Å². The zero-order valence-electron chi connectivity index (χ0n) is 21.2. The van der Waals surface area contributed by atoms with Gasteiger partial charge in [0.05, 0.1) is 13.0 Å². The molecule has 17 nitrogen and oxygen atoms in total. The van der Waals surface area contributed by atoms with Gasteiger partial charge in [-0.25, -0.2) is 29.8 Å². The molecular weight excluding hydrogens is 862 g/mol. The van der Waals surface area contributed by atoms with E-state index in [1.807, 2.05) is 17.8 Å². The largest absolute Gasteiger partial charge is 2.00 e. The Bertz CT molecular complexity index is 1010. The minimum Gasteiger partial charge on any atom is -0.741 e. The fraction of sp³-hybridized carbons (Fsp3) is 0.667. The van der Waals surface area contributed by atoms with E-state index >= 15 is 0 Å². The van der Waals surface area contributed by atoms with Crippen LogP contribution >= 0.6 is 0 Å². The number of methoxy groups -OCH3 is 1. The number of halogens is 9. The van der Waals surface area contributed by atoms with Crippen LogP contribution in [-0.4, -0.2) is 86.4 Å². The number of hydrogen-bond acceptors (Lipinski definition) is 16. The Morgan fingerprint density at radius 1 is 0.738 bits per heavy atom. The molecular formula is C12H29F9N6O11OsS3. The molecule has 0 saturated heterocycles. The van der Waals surface area contributed by atoms with Crippen LogP contribution in [0.4, 0.5) is 39.5 Å². The number of carbonyl (C=O) groups excluding carboxylic acids is 1. The van der Waals surface area contributed by atoms with Gasteiger partial charge in [-0.3, -0.25) is 4.79 Å². The van der Waals surface area contributed by atoms with Gasteiger partial charge in [-0.2, -0.15) is 39.5 Å². The summed E-state index contributed by atoms with van der Waals surface area (Å²) in [5.74, 6) is 0.264. The number of alkyl halides is 9. The molecule has 0 bridgehead atoms. The Kier molecular flexibility index (Phi) is 36.1. The standard InChI is InChI=1S/C9H14NO2.3CHF3O3S.5H3N.Os/c1-10-6-5-8(7-10)3-4-9(11)12-2;3*2-1(3,4)8(5,6)7;;;;;;/h5-8H,3-4H2,1-2H3;3*(H,5,6,7);5*1H3;/q+1;;;;;;;;;+2/p-3. The molecule has 0 amide bonds. The summed E-state index contributed by atoms with van der Waals surface area (Å²) >= 11 is 0. The molecule has 1 atom stereocenters. The Labute approximate surface area is 247 Å². The van der Waals surface area contributed by atoms with Crippen LogP contribution in [0.5, 0.6) is 0 Å². The van der Waals surface area contributed by atoms with Crippen LogP contribution in [0.1, 0.15) is 12.8 Å². The molecule has 0 radical (unpaired) electrons. The molecule has 42 heavy (non-hydrogen) atoms. The predicted octanol–water partition coefficient (Wildman–Crippen LogP) is 1.76. The van der Waals surface area contributed by atoms with Crippen molar-refractivity contribution in [2.24, 2.45) is 5.92 Å². The zero-order valence-corrected chi connectivity index (χ0v) is 26.2. The van der Waals surface area contributed by atoms with E-state index in [-0.39, 0.29) is 56.5 Å². The molecule has 0 spiro atoms. The monoisotopic (exact) mass is 892 g/mol. The summed E-state index contributed by atoms with van der Waals surface area (Å²) in [4.78, 5) is 10.8. The third kappa shape index (κ3) is 31.4. The summed E-state index contributed by atoms with van der Waals surface area (Å²) in [7, 11) is -14.9. The SMILES string of the molecule is COC(=O)CCC1C=C[N+](C)=C1.N.N.N.N.N.O=S(=O)([O-])C(F)(F)F.O=S(=O)([O-])C(F)(F)F.O=S(=O)([O-])C(F)(F)F.[Os+2]. The molecule has 0 aromatic heterocycles. The quantitative estimate of drug-likeness (QED) is 0.0886. The fourth-order valence-electron chi connectivity index (χ4n) is 1.21. The van der Waals surface area contributed by atoms with Gasteiger partial charge >= 0.3 is 42.3 Å². The number of nitrogens with zero attached hydrogens (tertiary/aromatic N) is 1. The van der Waals surface area contributed by atoms with Crippen LogP contribution < -0.4 is 30.8 Å². The molecule has 0 aliphatic carbocycles. The topological polar surface area (TPSA) is 376 Å². The van der Waals surface area contributed by atoms with E-state index in [0.717, 1.165) is 6.42 Å². The van der Waals surface area contributed by atoms with E-state index in [9.17, 15) is 44.3 Å². The average Bonchev–Trinajstić information content (AvgIpc) is 3.01. The molecule has 1 aliphatic rings. The summed E-state index contributed by atoms with van der Waals surface area (Å²) < 4.78 is 183. The number of hydrogen-bond donors (Lipinski definition) is 5. The van der Waals surface area contributed by atoms with Crippen LogP contribution in [0.15, 0.2) is 12.3 Å². The molecule has 1 rings (SSSR count). The van der Waals surface area contributed by atoms with Crippen molar-refractivity contribution in [3.63, 3.8) is 0 Å². The van der Waals surface area contributed by atoms with Gasteiger partial charge in [-0.05, 0) is 12.5 Å². The van der Waals surface area contributed by atoms with Gasteiger partial charge in [0.2, 0.25) is 0 Å². The Hall–Kier alpha value is -1.58. The van der Waals surface area contributed by atoms with E-state index in [1.165, 1.54) is 7.11 Å². The first-order valence-electron chi connectivity index (χ1n) is 7.86. The maximum absolute atomic E-state index is 10.8. The summed E-state index contributed by atoms with van der Waals surface area (Å²) in [5, 5.41) is 0. The third-order valence-electron chi connectivity index (χ3n) is 2.75. The number of ether oxygens (including phenoxy) is 1. The van der Waals surface area contributed by atoms with Crippen LogP contribution in [0.2, 0.25) is 0 Å². The van der Waals surface area contributed by atoms with Gasteiger partial charge in [-0.15, -0.1) is 0 Å². The van der Waals surface area contributed by atoms with Crippen molar-refractivity contribution < 1.29 is 112 Å². The summed E-state index contributed by atoms with van der Waals surface area (Å²) in [6.07, 6.45) is 7.51. The van der Waals surface area contributed by atoms with Crippen LogP contribution in [0.25, 0.3) is 0 Å². The van der Waals surface area contributed by atoms with Crippen molar-refractivity contribution >= 4 is 42.5 Å². The normalized spacial score (nSPS) is 14.0. The molecule has 262 valence electrons. The maximum atomic E-state index is 10.8. The molecule has 0 aromatic rings. The van der Waals surface area contributed by atoms with Crippen molar-refractivity contribution in [3.8, 4) is 0 Å².